The second-order valence-electron chi connectivity index (χ2n) is 5.56. The second kappa shape index (κ2) is 7.05. The molecular formula is C15H11BrF4N4O2. The number of aromatic nitrogens is 2. The molecule has 0 radical (unpaired) electrons. The first-order valence-electron chi connectivity index (χ1n) is 6.97. The largest absolute Gasteiger partial charge is 0.417 e. The number of rotatable bonds is 4. The number of nitrogens with zero attached hydrogens (tertiary/aromatic N) is 3. The third kappa shape index (κ3) is 4.39. The van der Waals surface area contributed by atoms with E-state index in [1.165, 1.54) is 12.3 Å². The zero-order valence-corrected chi connectivity index (χ0v) is 14.7. The smallest absolute Gasteiger partial charge is 0.378 e. The van der Waals surface area contributed by atoms with Crippen molar-refractivity contribution < 1.29 is 27.5 Å². The van der Waals surface area contributed by atoms with Crippen LogP contribution >= 0.6 is 15.9 Å². The molecular weight excluding hydrogens is 424 g/mol. The summed E-state index contributed by atoms with van der Waals surface area (Å²) in [6, 6.07) is 4.03. The van der Waals surface area contributed by atoms with Crippen molar-refractivity contribution in [3.8, 4) is 6.07 Å². The number of hydrogen-bond donors (Lipinski definition) is 2. The Kier molecular flexibility index (Phi) is 5.39. The minimum atomic E-state index is -4.78. The number of halogens is 5. The van der Waals surface area contributed by atoms with Crippen LogP contribution in [0.3, 0.4) is 0 Å². The van der Waals surface area contributed by atoms with Crippen molar-refractivity contribution >= 4 is 27.5 Å². The van der Waals surface area contributed by atoms with Gasteiger partial charge in [0.1, 0.15) is 0 Å². The van der Waals surface area contributed by atoms with Gasteiger partial charge in [-0.25, -0.2) is 0 Å². The van der Waals surface area contributed by atoms with Crippen LogP contribution < -0.4 is 5.32 Å². The van der Waals surface area contributed by atoms with E-state index in [0.717, 1.165) is 23.7 Å². The Morgan fingerprint density at radius 2 is 2.12 bits per heavy atom. The molecule has 0 fully saturated rings. The Balaban J connectivity index is 2.22. The molecule has 1 aromatic carbocycles. The molecule has 0 saturated carbocycles. The highest BCUT2D eigenvalue weighted by molar-refractivity contribution is 9.10. The number of hydrogen-bond acceptors (Lipinski definition) is 4. The van der Waals surface area contributed by atoms with E-state index in [1.807, 2.05) is 0 Å². The summed E-state index contributed by atoms with van der Waals surface area (Å²) in [4.78, 5) is 12.2. The van der Waals surface area contributed by atoms with Crippen molar-refractivity contribution in [3.05, 3.63) is 45.9 Å². The van der Waals surface area contributed by atoms with Gasteiger partial charge in [0.2, 0.25) is 5.95 Å². The van der Waals surface area contributed by atoms with Gasteiger partial charge >= 0.3 is 6.18 Å². The fourth-order valence-corrected chi connectivity index (χ4v) is 2.38. The third-order valence-corrected chi connectivity index (χ3v) is 3.87. The Bertz CT molecular complexity index is 867. The van der Waals surface area contributed by atoms with Crippen LogP contribution in [-0.2, 0) is 17.5 Å². The maximum atomic E-state index is 13.2. The van der Waals surface area contributed by atoms with E-state index in [9.17, 15) is 27.5 Å². The molecule has 0 saturated heterocycles. The maximum Gasteiger partial charge on any atom is 0.417 e. The molecule has 11 heteroatoms. The standard InChI is InChI=1S/C15H11BrF4N4O2/c1-14(26,7-24-6-11(16)12(17)23-24)13(25)22-9-3-2-8(5-21)10(4-9)15(18,19)20/h2-4,6,26H,7H2,1H3,(H,22,25). The monoisotopic (exact) mass is 434 g/mol. The average Bonchev–Trinajstić information content (AvgIpc) is 2.83. The number of anilines is 1. The van der Waals surface area contributed by atoms with Gasteiger partial charge in [-0.3, -0.25) is 9.48 Å². The molecule has 1 aromatic heterocycles. The fraction of sp³-hybridized carbons (Fsp3) is 0.267. The van der Waals surface area contributed by atoms with E-state index in [4.69, 9.17) is 5.26 Å². The molecule has 2 N–H and O–H groups in total. The number of benzene rings is 1. The van der Waals surface area contributed by atoms with Crippen LogP contribution in [0.2, 0.25) is 0 Å². The summed E-state index contributed by atoms with van der Waals surface area (Å²) in [5, 5.41) is 24.6. The first-order chi connectivity index (χ1) is 11.9. The number of carbonyl (C=O) groups is 1. The van der Waals surface area contributed by atoms with E-state index in [1.54, 1.807) is 0 Å². The lowest BCUT2D eigenvalue weighted by Gasteiger charge is -2.22. The third-order valence-electron chi connectivity index (χ3n) is 3.34. The number of nitriles is 1. The van der Waals surface area contributed by atoms with E-state index in [-0.39, 0.29) is 10.2 Å². The van der Waals surface area contributed by atoms with Crippen LogP contribution in [0, 0.1) is 17.3 Å². The van der Waals surface area contributed by atoms with Gasteiger partial charge in [0.25, 0.3) is 5.91 Å². The van der Waals surface area contributed by atoms with Crippen molar-refractivity contribution in [2.75, 3.05) is 5.32 Å². The Morgan fingerprint density at radius 3 is 2.62 bits per heavy atom. The molecule has 0 aliphatic carbocycles. The van der Waals surface area contributed by atoms with Crippen molar-refractivity contribution in [1.29, 1.82) is 5.26 Å². The number of nitrogens with one attached hydrogen (secondary N) is 1. The molecule has 6 nitrogen and oxygen atoms in total. The van der Waals surface area contributed by atoms with Crippen molar-refractivity contribution in [3.63, 3.8) is 0 Å². The summed E-state index contributed by atoms with van der Waals surface area (Å²) in [6.45, 7) is 0.661. The molecule has 0 bridgehead atoms. The number of alkyl halides is 3. The predicted molar refractivity (Wildman–Crippen MR) is 85.3 cm³/mol. The topological polar surface area (TPSA) is 90.9 Å². The molecule has 2 rings (SSSR count). The van der Waals surface area contributed by atoms with Crippen LogP contribution in [0.1, 0.15) is 18.1 Å². The van der Waals surface area contributed by atoms with E-state index >= 15 is 0 Å². The lowest BCUT2D eigenvalue weighted by molar-refractivity contribution is -0.138. The number of amides is 1. The lowest BCUT2D eigenvalue weighted by Crippen LogP contribution is -2.43. The van der Waals surface area contributed by atoms with E-state index < -0.39 is 41.3 Å². The van der Waals surface area contributed by atoms with E-state index in [2.05, 4.69) is 26.3 Å². The zero-order valence-electron chi connectivity index (χ0n) is 13.1. The molecule has 1 amide bonds. The molecule has 138 valence electrons. The zero-order chi connectivity index (χ0) is 19.7. The maximum absolute atomic E-state index is 13.2. The number of aliphatic hydroxyl groups is 1. The van der Waals surface area contributed by atoms with Gasteiger partial charge in [0.15, 0.2) is 5.60 Å². The van der Waals surface area contributed by atoms with Gasteiger partial charge in [-0.05, 0) is 41.1 Å². The molecule has 0 aliphatic heterocycles. The van der Waals surface area contributed by atoms with Crippen LogP contribution in [0.25, 0.3) is 0 Å². The van der Waals surface area contributed by atoms with Gasteiger partial charge in [-0.2, -0.15) is 22.8 Å². The normalized spacial score (nSPS) is 13.8. The summed E-state index contributed by atoms with van der Waals surface area (Å²) < 4.78 is 53.0. The Morgan fingerprint density at radius 1 is 1.46 bits per heavy atom. The Labute approximate surface area is 153 Å². The van der Waals surface area contributed by atoms with Crippen LogP contribution in [-0.4, -0.2) is 26.4 Å². The highest BCUT2D eigenvalue weighted by atomic mass is 79.9. The van der Waals surface area contributed by atoms with Crippen molar-refractivity contribution in [2.24, 2.45) is 0 Å². The summed E-state index contributed by atoms with van der Waals surface area (Å²) in [5.41, 5.74) is -4.16. The lowest BCUT2D eigenvalue weighted by atomic mass is 10.0. The van der Waals surface area contributed by atoms with E-state index in [0.29, 0.717) is 6.07 Å². The highest BCUT2D eigenvalue weighted by Crippen LogP contribution is 2.33. The quantitative estimate of drug-likeness (QED) is 0.723. The second-order valence-corrected chi connectivity index (χ2v) is 6.42. The summed E-state index contributed by atoms with van der Waals surface area (Å²) >= 11 is 2.88. The van der Waals surface area contributed by atoms with Gasteiger partial charge in [-0.1, -0.05) is 0 Å². The molecule has 0 aliphatic rings. The minimum Gasteiger partial charge on any atom is -0.378 e. The van der Waals surface area contributed by atoms with Crippen molar-refractivity contribution in [2.45, 2.75) is 25.2 Å². The molecule has 1 unspecified atom stereocenters. The summed E-state index contributed by atoms with van der Waals surface area (Å²) in [6.07, 6.45) is -3.59. The molecule has 1 heterocycles. The predicted octanol–water partition coefficient (Wildman–Crippen LogP) is 3.06. The number of carbonyl (C=O) groups excluding carboxylic acids is 1. The first-order valence-corrected chi connectivity index (χ1v) is 7.77. The minimum absolute atomic E-state index is 0.0237. The highest BCUT2D eigenvalue weighted by Gasteiger charge is 2.35. The van der Waals surface area contributed by atoms with Gasteiger partial charge < -0.3 is 10.4 Å². The SMILES string of the molecule is CC(O)(Cn1cc(Br)c(F)n1)C(=O)Nc1ccc(C#N)c(C(F)(F)F)c1. The molecule has 0 spiro atoms. The first kappa shape index (κ1) is 19.9. The van der Waals surface area contributed by atoms with Gasteiger partial charge in [0, 0.05) is 11.9 Å². The molecule has 1 atom stereocenters. The van der Waals surface area contributed by atoms with Gasteiger partial charge in [0.05, 0.1) is 28.2 Å². The van der Waals surface area contributed by atoms with Crippen LogP contribution in [0.4, 0.5) is 23.2 Å². The summed E-state index contributed by atoms with van der Waals surface area (Å²) in [5.74, 6) is -1.87. The van der Waals surface area contributed by atoms with Crippen LogP contribution in [0.5, 0.6) is 0 Å². The van der Waals surface area contributed by atoms with Gasteiger partial charge in [-0.15, -0.1) is 5.10 Å². The average molecular weight is 435 g/mol. The molecule has 2 aromatic rings. The van der Waals surface area contributed by atoms with Crippen LogP contribution in [0.15, 0.2) is 28.9 Å². The Hall–Kier alpha value is -2.45. The molecule has 26 heavy (non-hydrogen) atoms. The fourth-order valence-electron chi connectivity index (χ4n) is 2.06. The van der Waals surface area contributed by atoms with Crippen molar-refractivity contribution in [1.82, 2.24) is 9.78 Å². The summed E-state index contributed by atoms with van der Waals surface area (Å²) in [7, 11) is 0.